The van der Waals surface area contributed by atoms with Crippen LogP contribution in [0, 0.1) is 0 Å². The van der Waals surface area contributed by atoms with Crippen LogP contribution in [0.2, 0.25) is 5.15 Å². The molecule has 0 spiro atoms. The molecule has 0 radical (unpaired) electrons. The predicted octanol–water partition coefficient (Wildman–Crippen LogP) is 1.98. The Kier molecular flexibility index (Phi) is 2.64. The molecular formula is C9H6ClN3O2. The van der Waals surface area contributed by atoms with Crippen molar-refractivity contribution in [2.24, 2.45) is 0 Å². The number of anilines is 1. The van der Waals surface area contributed by atoms with E-state index in [2.05, 4.69) is 20.0 Å². The summed E-state index contributed by atoms with van der Waals surface area (Å²) in [5, 5.41) is 6.38. The molecule has 6 heteroatoms. The van der Waals surface area contributed by atoms with Crippen LogP contribution in [0.25, 0.3) is 0 Å². The molecule has 0 saturated carbocycles. The minimum absolute atomic E-state index is 0.289. The first-order chi connectivity index (χ1) is 7.25. The molecule has 0 aromatic carbocycles. The van der Waals surface area contributed by atoms with Gasteiger partial charge in [0.2, 0.25) is 0 Å². The van der Waals surface area contributed by atoms with Crippen molar-refractivity contribution in [1.29, 1.82) is 0 Å². The molecule has 5 nitrogen and oxygen atoms in total. The van der Waals surface area contributed by atoms with E-state index < -0.39 is 0 Å². The van der Waals surface area contributed by atoms with Gasteiger partial charge in [0.15, 0.2) is 0 Å². The van der Waals surface area contributed by atoms with Crippen LogP contribution >= 0.6 is 11.6 Å². The van der Waals surface area contributed by atoms with Crippen molar-refractivity contribution in [3.63, 3.8) is 0 Å². The van der Waals surface area contributed by atoms with Gasteiger partial charge in [-0.25, -0.2) is 4.98 Å². The lowest BCUT2D eigenvalue weighted by molar-refractivity contribution is 0.102. The smallest absolute Gasteiger partial charge is 0.257 e. The average Bonchev–Trinajstić information content (AvgIpc) is 2.71. The molecule has 76 valence electrons. The minimum atomic E-state index is -0.289. The van der Waals surface area contributed by atoms with E-state index in [1.54, 1.807) is 12.1 Å². The highest BCUT2D eigenvalue weighted by Crippen LogP contribution is 2.09. The number of pyridine rings is 1. The fourth-order valence-electron chi connectivity index (χ4n) is 0.980. The van der Waals surface area contributed by atoms with Gasteiger partial charge in [-0.1, -0.05) is 16.8 Å². The normalized spacial score (nSPS) is 9.93. The summed E-state index contributed by atoms with van der Waals surface area (Å²) in [6.07, 6.45) is 4.13. The lowest BCUT2D eigenvalue weighted by atomic mass is 10.2. The number of hydrogen-bond acceptors (Lipinski definition) is 4. The number of carbonyl (C=O) groups excluding carboxylic acids is 1. The monoisotopic (exact) mass is 223 g/mol. The molecule has 0 aliphatic carbocycles. The van der Waals surface area contributed by atoms with Gasteiger partial charge < -0.3 is 9.84 Å². The van der Waals surface area contributed by atoms with Crippen molar-refractivity contribution in [3.05, 3.63) is 41.5 Å². The second-order valence-electron chi connectivity index (χ2n) is 2.74. The molecule has 0 fully saturated rings. The van der Waals surface area contributed by atoms with Crippen LogP contribution in [-0.2, 0) is 0 Å². The van der Waals surface area contributed by atoms with Crippen molar-refractivity contribution in [2.45, 2.75) is 0 Å². The van der Waals surface area contributed by atoms with Gasteiger partial charge in [-0.15, -0.1) is 0 Å². The van der Waals surface area contributed by atoms with E-state index in [-0.39, 0.29) is 5.91 Å². The first-order valence-corrected chi connectivity index (χ1v) is 4.46. The zero-order chi connectivity index (χ0) is 10.7. The second-order valence-corrected chi connectivity index (χ2v) is 3.12. The van der Waals surface area contributed by atoms with Crippen LogP contribution in [0.3, 0.4) is 0 Å². The van der Waals surface area contributed by atoms with E-state index in [0.29, 0.717) is 16.4 Å². The maximum absolute atomic E-state index is 11.6. The summed E-state index contributed by atoms with van der Waals surface area (Å²) in [6.45, 7) is 0. The third-order valence-electron chi connectivity index (χ3n) is 1.68. The molecule has 15 heavy (non-hydrogen) atoms. The Morgan fingerprint density at radius 1 is 1.40 bits per heavy atom. The summed E-state index contributed by atoms with van der Waals surface area (Å²) < 4.78 is 4.57. The Balaban J connectivity index is 2.11. The fraction of sp³-hybridized carbons (Fsp3) is 0. The number of hydrogen-bond donors (Lipinski definition) is 1. The number of halogens is 1. The standard InChI is InChI=1S/C9H6ClN3O2/c10-8-2-1-6(3-11-8)9(14)13-7-4-12-15-5-7/h1-5H,(H,13,14). The average molecular weight is 224 g/mol. The van der Waals surface area contributed by atoms with Gasteiger partial charge in [0.1, 0.15) is 17.1 Å². The van der Waals surface area contributed by atoms with Crippen LogP contribution in [0.15, 0.2) is 35.3 Å². The van der Waals surface area contributed by atoms with Crippen molar-refractivity contribution in [2.75, 3.05) is 5.32 Å². The number of aromatic nitrogens is 2. The Morgan fingerprint density at radius 2 is 2.27 bits per heavy atom. The van der Waals surface area contributed by atoms with Crippen LogP contribution in [0.5, 0.6) is 0 Å². The summed E-state index contributed by atoms with van der Waals surface area (Å²) in [5.41, 5.74) is 0.913. The van der Waals surface area contributed by atoms with E-state index in [0.717, 1.165) is 0 Å². The molecule has 0 unspecified atom stereocenters. The highest BCUT2D eigenvalue weighted by molar-refractivity contribution is 6.29. The van der Waals surface area contributed by atoms with Gasteiger partial charge in [-0.2, -0.15) is 0 Å². The Labute approximate surface area is 90.1 Å². The molecule has 0 saturated heterocycles. The van der Waals surface area contributed by atoms with Gasteiger partial charge in [0.05, 0.1) is 11.8 Å². The quantitative estimate of drug-likeness (QED) is 0.791. The number of amides is 1. The lowest BCUT2D eigenvalue weighted by Crippen LogP contribution is -2.11. The predicted molar refractivity (Wildman–Crippen MR) is 53.7 cm³/mol. The van der Waals surface area contributed by atoms with E-state index in [1.165, 1.54) is 18.7 Å². The molecule has 2 rings (SSSR count). The Hall–Kier alpha value is -1.88. The highest BCUT2D eigenvalue weighted by atomic mass is 35.5. The van der Waals surface area contributed by atoms with Crippen molar-refractivity contribution in [1.82, 2.24) is 10.1 Å². The molecule has 2 aromatic heterocycles. The Bertz CT molecular complexity index is 453. The summed E-state index contributed by atoms with van der Waals surface area (Å²) in [4.78, 5) is 15.4. The van der Waals surface area contributed by atoms with Crippen LogP contribution < -0.4 is 5.32 Å². The molecule has 0 aliphatic heterocycles. The highest BCUT2D eigenvalue weighted by Gasteiger charge is 2.07. The van der Waals surface area contributed by atoms with Crippen molar-refractivity contribution >= 4 is 23.2 Å². The SMILES string of the molecule is O=C(Nc1cnoc1)c1ccc(Cl)nc1. The van der Waals surface area contributed by atoms with Gasteiger partial charge in [-0.3, -0.25) is 4.79 Å². The number of carbonyl (C=O) groups is 1. The van der Waals surface area contributed by atoms with E-state index in [1.807, 2.05) is 0 Å². The molecule has 2 heterocycles. The summed E-state index contributed by atoms with van der Waals surface area (Å²) in [7, 11) is 0. The molecule has 0 aliphatic rings. The maximum atomic E-state index is 11.6. The zero-order valence-corrected chi connectivity index (χ0v) is 8.23. The molecule has 1 amide bonds. The van der Waals surface area contributed by atoms with Crippen molar-refractivity contribution < 1.29 is 9.32 Å². The van der Waals surface area contributed by atoms with Gasteiger partial charge >= 0.3 is 0 Å². The lowest BCUT2D eigenvalue weighted by Gasteiger charge is -2.00. The number of nitrogens with one attached hydrogen (secondary N) is 1. The van der Waals surface area contributed by atoms with E-state index in [9.17, 15) is 4.79 Å². The Morgan fingerprint density at radius 3 is 2.87 bits per heavy atom. The fourth-order valence-corrected chi connectivity index (χ4v) is 1.09. The zero-order valence-electron chi connectivity index (χ0n) is 7.48. The topological polar surface area (TPSA) is 68.0 Å². The second kappa shape index (κ2) is 4.10. The molecule has 0 atom stereocenters. The summed E-state index contributed by atoms with van der Waals surface area (Å²) in [5.74, 6) is -0.289. The summed E-state index contributed by atoms with van der Waals surface area (Å²) >= 11 is 5.59. The number of nitrogens with zero attached hydrogens (tertiary/aromatic N) is 2. The third kappa shape index (κ3) is 2.32. The molecule has 1 N–H and O–H groups in total. The van der Waals surface area contributed by atoms with E-state index in [4.69, 9.17) is 11.6 Å². The summed E-state index contributed by atoms with van der Waals surface area (Å²) in [6, 6.07) is 3.13. The van der Waals surface area contributed by atoms with Crippen LogP contribution in [0.4, 0.5) is 5.69 Å². The first kappa shape index (κ1) is 9.67. The molecule has 0 bridgehead atoms. The van der Waals surface area contributed by atoms with Crippen LogP contribution in [0.1, 0.15) is 10.4 Å². The third-order valence-corrected chi connectivity index (χ3v) is 1.90. The van der Waals surface area contributed by atoms with Gasteiger partial charge in [0, 0.05) is 6.20 Å². The van der Waals surface area contributed by atoms with Gasteiger partial charge in [0.25, 0.3) is 5.91 Å². The minimum Gasteiger partial charge on any atom is -0.363 e. The van der Waals surface area contributed by atoms with Gasteiger partial charge in [-0.05, 0) is 12.1 Å². The van der Waals surface area contributed by atoms with Crippen LogP contribution in [-0.4, -0.2) is 16.0 Å². The number of rotatable bonds is 2. The largest absolute Gasteiger partial charge is 0.363 e. The molecular weight excluding hydrogens is 218 g/mol. The first-order valence-electron chi connectivity index (χ1n) is 4.08. The van der Waals surface area contributed by atoms with E-state index >= 15 is 0 Å². The maximum Gasteiger partial charge on any atom is 0.257 e. The molecule has 2 aromatic rings. The van der Waals surface area contributed by atoms with Crippen molar-refractivity contribution in [3.8, 4) is 0 Å².